The number of hydrogen-bond acceptors (Lipinski definition) is 4. The molecule has 5 nitrogen and oxygen atoms in total. The van der Waals surface area contributed by atoms with Gasteiger partial charge in [0, 0.05) is 6.42 Å². The van der Waals surface area contributed by atoms with Gasteiger partial charge in [-0.3, -0.25) is 4.79 Å². The zero-order valence-corrected chi connectivity index (χ0v) is 12.9. The molecule has 0 aromatic carbocycles. The van der Waals surface area contributed by atoms with E-state index in [2.05, 4.69) is 5.32 Å². The van der Waals surface area contributed by atoms with E-state index in [-0.39, 0.29) is 17.2 Å². The molecule has 1 amide bonds. The van der Waals surface area contributed by atoms with Crippen molar-refractivity contribution in [2.45, 2.75) is 58.4 Å². The molecule has 0 bridgehead atoms. The first kappa shape index (κ1) is 17.0. The average molecular weight is 284 g/mol. The van der Waals surface area contributed by atoms with Crippen molar-refractivity contribution in [3.05, 3.63) is 0 Å². The molecule has 1 atom stereocenters. The minimum Gasteiger partial charge on any atom is -0.467 e. The fourth-order valence-electron chi connectivity index (χ4n) is 2.94. The Hall–Kier alpha value is -1.10. The van der Waals surface area contributed by atoms with Gasteiger partial charge < -0.3 is 15.8 Å². The SMILES string of the molecule is COC(=O)C(NC(=O)CC1(CN)CCCCC1)C(C)C. The van der Waals surface area contributed by atoms with E-state index in [1.807, 2.05) is 13.8 Å². The molecule has 0 heterocycles. The Morgan fingerprint density at radius 3 is 2.30 bits per heavy atom. The standard InChI is InChI=1S/C15H28N2O3/c1-11(2)13(14(19)20-3)17-12(18)9-15(10-16)7-5-4-6-8-15/h11,13H,4-10,16H2,1-3H3,(H,17,18). The smallest absolute Gasteiger partial charge is 0.328 e. The molecule has 0 aliphatic heterocycles. The lowest BCUT2D eigenvalue weighted by Crippen LogP contribution is -2.47. The van der Waals surface area contributed by atoms with Crippen LogP contribution in [0, 0.1) is 11.3 Å². The van der Waals surface area contributed by atoms with Crippen LogP contribution in [0.2, 0.25) is 0 Å². The van der Waals surface area contributed by atoms with Gasteiger partial charge in [-0.2, -0.15) is 0 Å². The lowest BCUT2D eigenvalue weighted by Gasteiger charge is -2.36. The Labute approximate surface area is 121 Å². The summed E-state index contributed by atoms with van der Waals surface area (Å²) in [6, 6.07) is -0.578. The Kier molecular flexibility index (Phi) is 6.46. The molecule has 1 fully saturated rings. The van der Waals surface area contributed by atoms with Crippen LogP contribution in [0.5, 0.6) is 0 Å². The van der Waals surface area contributed by atoms with Gasteiger partial charge in [0.05, 0.1) is 7.11 Å². The summed E-state index contributed by atoms with van der Waals surface area (Å²) in [5.74, 6) is -0.480. The average Bonchev–Trinajstić information content (AvgIpc) is 2.44. The zero-order chi connectivity index (χ0) is 15.2. The van der Waals surface area contributed by atoms with Crippen LogP contribution in [0.1, 0.15) is 52.4 Å². The molecule has 1 aliphatic carbocycles. The summed E-state index contributed by atoms with van der Waals surface area (Å²) in [6.07, 6.45) is 5.90. The molecule has 0 aromatic heterocycles. The number of amides is 1. The van der Waals surface area contributed by atoms with Gasteiger partial charge in [-0.05, 0) is 30.7 Å². The second-order valence-corrected chi connectivity index (χ2v) is 6.25. The number of rotatable bonds is 6. The summed E-state index contributed by atoms with van der Waals surface area (Å²) in [4.78, 5) is 23.9. The molecule has 116 valence electrons. The number of nitrogens with two attached hydrogens (primary N) is 1. The van der Waals surface area contributed by atoms with Crippen molar-refractivity contribution in [2.24, 2.45) is 17.1 Å². The molecule has 1 aliphatic rings. The Morgan fingerprint density at radius 1 is 1.25 bits per heavy atom. The molecule has 0 aromatic rings. The molecule has 0 saturated heterocycles. The van der Waals surface area contributed by atoms with Crippen molar-refractivity contribution in [1.82, 2.24) is 5.32 Å². The number of methoxy groups -OCH3 is 1. The first-order valence-electron chi connectivity index (χ1n) is 7.51. The van der Waals surface area contributed by atoms with E-state index in [1.165, 1.54) is 13.5 Å². The topological polar surface area (TPSA) is 81.4 Å². The maximum atomic E-state index is 12.2. The van der Waals surface area contributed by atoms with Gasteiger partial charge in [0.2, 0.25) is 5.91 Å². The summed E-state index contributed by atoms with van der Waals surface area (Å²) in [5, 5.41) is 2.80. The number of nitrogens with one attached hydrogen (secondary N) is 1. The van der Waals surface area contributed by atoms with Crippen molar-refractivity contribution in [3.63, 3.8) is 0 Å². The second kappa shape index (κ2) is 7.62. The summed E-state index contributed by atoms with van der Waals surface area (Å²) >= 11 is 0. The largest absolute Gasteiger partial charge is 0.467 e. The predicted octanol–water partition coefficient (Wildman–Crippen LogP) is 1.60. The Balaban J connectivity index is 2.62. The van der Waals surface area contributed by atoms with E-state index in [9.17, 15) is 9.59 Å². The molecular formula is C15H28N2O3. The molecule has 1 rings (SSSR count). The zero-order valence-electron chi connectivity index (χ0n) is 12.9. The minimum absolute atomic E-state index is 0.00609. The number of carbonyl (C=O) groups is 2. The summed E-state index contributed by atoms with van der Waals surface area (Å²) in [6.45, 7) is 4.31. The van der Waals surface area contributed by atoms with Crippen molar-refractivity contribution in [2.75, 3.05) is 13.7 Å². The van der Waals surface area contributed by atoms with Crippen molar-refractivity contribution in [1.29, 1.82) is 0 Å². The summed E-state index contributed by atoms with van der Waals surface area (Å²) < 4.78 is 4.74. The Bertz CT molecular complexity index is 336. The quantitative estimate of drug-likeness (QED) is 0.726. The third kappa shape index (κ3) is 4.47. The van der Waals surface area contributed by atoms with Crippen LogP contribution >= 0.6 is 0 Å². The lowest BCUT2D eigenvalue weighted by atomic mass is 9.71. The first-order valence-corrected chi connectivity index (χ1v) is 7.51. The summed E-state index contributed by atoms with van der Waals surface area (Å²) in [5.41, 5.74) is 5.81. The van der Waals surface area contributed by atoms with Crippen LogP contribution in [0.25, 0.3) is 0 Å². The van der Waals surface area contributed by atoms with Crippen LogP contribution < -0.4 is 11.1 Å². The van der Waals surface area contributed by atoms with Gasteiger partial charge in [-0.1, -0.05) is 33.1 Å². The van der Waals surface area contributed by atoms with Gasteiger partial charge >= 0.3 is 5.97 Å². The first-order chi connectivity index (χ1) is 9.44. The molecule has 5 heteroatoms. The fourth-order valence-corrected chi connectivity index (χ4v) is 2.94. The predicted molar refractivity (Wildman–Crippen MR) is 78.0 cm³/mol. The van der Waals surface area contributed by atoms with Gasteiger partial charge in [0.25, 0.3) is 0 Å². The maximum absolute atomic E-state index is 12.2. The van der Waals surface area contributed by atoms with Crippen LogP contribution in [0.15, 0.2) is 0 Å². The van der Waals surface area contributed by atoms with Crippen molar-refractivity contribution in [3.8, 4) is 0 Å². The van der Waals surface area contributed by atoms with Crippen molar-refractivity contribution >= 4 is 11.9 Å². The van der Waals surface area contributed by atoms with Crippen LogP contribution in [-0.4, -0.2) is 31.6 Å². The molecule has 0 radical (unpaired) electrons. The van der Waals surface area contributed by atoms with Gasteiger partial charge in [0.1, 0.15) is 6.04 Å². The normalized spacial score (nSPS) is 19.4. The van der Waals surface area contributed by atoms with E-state index >= 15 is 0 Å². The highest BCUT2D eigenvalue weighted by Crippen LogP contribution is 2.38. The van der Waals surface area contributed by atoms with E-state index in [0.29, 0.717) is 13.0 Å². The van der Waals surface area contributed by atoms with E-state index in [1.54, 1.807) is 0 Å². The number of carbonyl (C=O) groups excluding carboxylic acids is 2. The fraction of sp³-hybridized carbons (Fsp3) is 0.867. The lowest BCUT2D eigenvalue weighted by molar-refractivity contribution is -0.146. The number of hydrogen-bond donors (Lipinski definition) is 2. The monoisotopic (exact) mass is 284 g/mol. The number of esters is 1. The molecule has 1 saturated carbocycles. The second-order valence-electron chi connectivity index (χ2n) is 6.25. The van der Waals surface area contributed by atoms with Gasteiger partial charge in [-0.25, -0.2) is 4.79 Å². The van der Waals surface area contributed by atoms with Crippen LogP contribution in [-0.2, 0) is 14.3 Å². The van der Waals surface area contributed by atoms with Crippen LogP contribution in [0.3, 0.4) is 0 Å². The van der Waals surface area contributed by atoms with E-state index in [0.717, 1.165) is 25.7 Å². The van der Waals surface area contributed by atoms with Gasteiger partial charge in [-0.15, -0.1) is 0 Å². The highest BCUT2D eigenvalue weighted by Gasteiger charge is 2.34. The van der Waals surface area contributed by atoms with Gasteiger partial charge in [0.15, 0.2) is 0 Å². The van der Waals surface area contributed by atoms with Crippen molar-refractivity contribution < 1.29 is 14.3 Å². The molecular weight excluding hydrogens is 256 g/mol. The van der Waals surface area contributed by atoms with E-state index in [4.69, 9.17) is 10.5 Å². The van der Waals surface area contributed by atoms with Crippen LogP contribution in [0.4, 0.5) is 0 Å². The highest BCUT2D eigenvalue weighted by molar-refractivity contribution is 5.84. The third-order valence-electron chi connectivity index (χ3n) is 4.32. The number of ether oxygens (including phenoxy) is 1. The minimum atomic E-state index is -0.578. The molecule has 3 N–H and O–H groups in total. The molecule has 20 heavy (non-hydrogen) atoms. The molecule has 1 unspecified atom stereocenters. The highest BCUT2D eigenvalue weighted by atomic mass is 16.5. The summed E-state index contributed by atoms with van der Waals surface area (Å²) in [7, 11) is 1.34. The van der Waals surface area contributed by atoms with E-state index < -0.39 is 12.0 Å². The maximum Gasteiger partial charge on any atom is 0.328 e. The Morgan fingerprint density at radius 2 is 1.85 bits per heavy atom. The molecule has 0 spiro atoms. The third-order valence-corrected chi connectivity index (χ3v) is 4.32.